The van der Waals surface area contributed by atoms with Gasteiger partial charge < -0.3 is 25.6 Å². The van der Waals surface area contributed by atoms with Crippen molar-refractivity contribution in [3.05, 3.63) is 83.4 Å². The molecule has 0 fully saturated rings. The maximum absolute atomic E-state index is 12.7. The van der Waals surface area contributed by atoms with Crippen molar-refractivity contribution in [3.8, 4) is 29.2 Å². The average molecular weight is 470 g/mol. The van der Waals surface area contributed by atoms with E-state index in [2.05, 4.69) is 16.6 Å². The summed E-state index contributed by atoms with van der Waals surface area (Å²) in [6.45, 7) is 0.0782. The van der Waals surface area contributed by atoms with Gasteiger partial charge in [0.25, 0.3) is 0 Å². The van der Waals surface area contributed by atoms with Gasteiger partial charge >= 0.3 is 12.1 Å². The Morgan fingerprint density at radius 2 is 1.63 bits per heavy atom. The predicted octanol–water partition coefficient (Wildman–Crippen LogP) is 3.96. The zero-order valence-corrected chi connectivity index (χ0v) is 18.5. The van der Waals surface area contributed by atoms with E-state index in [1.54, 1.807) is 0 Å². The third-order valence-corrected chi connectivity index (χ3v) is 5.77. The summed E-state index contributed by atoms with van der Waals surface area (Å²) >= 11 is 0. The molecule has 0 aromatic heterocycles. The van der Waals surface area contributed by atoms with E-state index in [-0.39, 0.29) is 30.2 Å². The van der Waals surface area contributed by atoms with Gasteiger partial charge in [-0.15, -0.1) is 12.3 Å². The fraction of sp³-hybridized carbons (Fsp3) is 0.148. The number of rotatable bonds is 7. The van der Waals surface area contributed by atoms with Crippen LogP contribution in [-0.4, -0.2) is 40.8 Å². The number of amides is 2. The third kappa shape index (κ3) is 4.94. The van der Waals surface area contributed by atoms with Crippen molar-refractivity contribution in [2.24, 2.45) is 0 Å². The second-order valence-corrected chi connectivity index (χ2v) is 7.96. The molecule has 176 valence electrons. The average Bonchev–Trinajstić information content (AvgIpc) is 3.16. The number of aromatic carboxylic acids is 1. The number of fused-ring (bicyclic) bond motifs is 3. The number of hydrogen-bond donors (Lipinski definition) is 4. The van der Waals surface area contributed by atoms with E-state index < -0.39 is 29.8 Å². The maximum Gasteiger partial charge on any atom is 0.407 e. The fourth-order valence-corrected chi connectivity index (χ4v) is 4.13. The van der Waals surface area contributed by atoms with Crippen molar-refractivity contribution in [1.29, 1.82) is 0 Å². The van der Waals surface area contributed by atoms with E-state index in [0.717, 1.165) is 34.4 Å². The highest BCUT2D eigenvalue weighted by atomic mass is 16.5. The minimum atomic E-state index is -1.30. The summed E-state index contributed by atoms with van der Waals surface area (Å²) in [6.07, 6.45) is 4.46. The van der Waals surface area contributed by atoms with Crippen LogP contribution in [0.3, 0.4) is 0 Å². The molecular formula is C27H22N2O6. The topological polar surface area (TPSA) is 125 Å². The van der Waals surface area contributed by atoms with E-state index in [4.69, 9.17) is 16.3 Å². The van der Waals surface area contributed by atoms with Gasteiger partial charge in [0, 0.05) is 24.1 Å². The molecule has 8 nitrogen and oxygen atoms in total. The summed E-state index contributed by atoms with van der Waals surface area (Å²) in [6, 6.07) is 18.3. The van der Waals surface area contributed by atoms with E-state index in [1.807, 2.05) is 48.5 Å². The van der Waals surface area contributed by atoms with Crippen molar-refractivity contribution >= 4 is 23.7 Å². The van der Waals surface area contributed by atoms with E-state index in [1.165, 1.54) is 6.07 Å². The van der Waals surface area contributed by atoms with E-state index in [9.17, 15) is 19.5 Å². The zero-order chi connectivity index (χ0) is 24.9. The highest BCUT2D eigenvalue weighted by Gasteiger charge is 2.29. The Morgan fingerprint density at radius 3 is 2.20 bits per heavy atom. The maximum atomic E-state index is 12.7. The van der Waals surface area contributed by atoms with Gasteiger partial charge in [0.2, 0.25) is 5.91 Å². The molecule has 0 saturated heterocycles. The first-order valence-corrected chi connectivity index (χ1v) is 10.8. The highest BCUT2D eigenvalue weighted by molar-refractivity contribution is 5.98. The number of benzene rings is 3. The lowest BCUT2D eigenvalue weighted by molar-refractivity contribution is -0.118. The highest BCUT2D eigenvalue weighted by Crippen LogP contribution is 2.44. The number of phenols is 1. The standard InChI is InChI=1S/C27H22N2O6/c1-2-7-23(25(31)28-16-12-13-21(26(32)33)24(30)14-16)29-27(34)35-15-22-19-10-5-3-8-17(19)18-9-4-6-11-20(18)22/h1,3-6,8-14,22-23,30H,7,15H2,(H,28,31)(H,29,34)(H,32,33). The molecule has 2 amide bonds. The van der Waals surface area contributed by atoms with Crippen LogP contribution >= 0.6 is 0 Å². The molecule has 8 heteroatoms. The Balaban J connectivity index is 1.41. The normalized spacial score (nSPS) is 12.5. The molecule has 4 N–H and O–H groups in total. The van der Waals surface area contributed by atoms with E-state index in [0.29, 0.717) is 0 Å². The molecule has 0 radical (unpaired) electrons. The second kappa shape index (κ2) is 10.0. The molecule has 0 bridgehead atoms. The zero-order valence-electron chi connectivity index (χ0n) is 18.5. The summed E-state index contributed by atoms with van der Waals surface area (Å²) in [5.74, 6) is -0.244. The fourth-order valence-electron chi connectivity index (χ4n) is 4.13. The van der Waals surface area contributed by atoms with E-state index >= 15 is 0 Å². The summed E-state index contributed by atoms with van der Waals surface area (Å²) < 4.78 is 5.47. The minimum absolute atomic E-state index is 0.0782. The van der Waals surface area contributed by atoms with Gasteiger partial charge in [-0.25, -0.2) is 9.59 Å². The molecule has 1 atom stereocenters. The Kier molecular flexibility index (Phi) is 6.69. The molecule has 1 aliphatic carbocycles. The van der Waals surface area contributed by atoms with Crippen molar-refractivity contribution in [1.82, 2.24) is 5.32 Å². The van der Waals surface area contributed by atoms with Crippen LogP contribution in [0.2, 0.25) is 0 Å². The van der Waals surface area contributed by atoms with Gasteiger partial charge in [0.05, 0.1) is 0 Å². The van der Waals surface area contributed by atoms with Crippen molar-refractivity contribution in [2.45, 2.75) is 18.4 Å². The monoisotopic (exact) mass is 470 g/mol. The van der Waals surface area contributed by atoms with Crippen LogP contribution in [0.4, 0.5) is 10.5 Å². The number of ether oxygens (including phenoxy) is 1. The van der Waals surface area contributed by atoms with Crippen LogP contribution in [0.25, 0.3) is 11.1 Å². The second-order valence-electron chi connectivity index (χ2n) is 7.96. The number of alkyl carbamates (subject to hydrolysis) is 1. The molecule has 0 heterocycles. The quantitative estimate of drug-likeness (QED) is 0.388. The van der Waals surface area contributed by atoms with Crippen LogP contribution in [0, 0.1) is 12.3 Å². The molecule has 0 saturated carbocycles. The molecule has 0 aliphatic heterocycles. The Bertz CT molecular complexity index is 1300. The minimum Gasteiger partial charge on any atom is -0.507 e. The van der Waals surface area contributed by atoms with Gasteiger partial charge in [0.1, 0.15) is 24.0 Å². The number of hydrogen-bond acceptors (Lipinski definition) is 5. The number of carbonyl (C=O) groups excluding carboxylic acids is 2. The number of carbonyl (C=O) groups is 3. The first-order chi connectivity index (χ1) is 16.9. The number of aromatic hydroxyl groups is 1. The molecule has 3 aromatic carbocycles. The Labute approximate surface area is 201 Å². The summed E-state index contributed by atoms with van der Waals surface area (Å²) in [4.78, 5) is 36.3. The van der Waals surface area contributed by atoms with Gasteiger partial charge in [-0.3, -0.25) is 4.79 Å². The molecule has 1 unspecified atom stereocenters. The van der Waals surface area contributed by atoms with Crippen LogP contribution < -0.4 is 10.6 Å². The number of carboxylic acid groups (broad SMARTS) is 1. The molecule has 0 spiro atoms. The molecule has 1 aliphatic rings. The predicted molar refractivity (Wildman–Crippen MR) is 129 cm³/mol. The van der Waals surface area contributed by atoms with Crippen LogP contribution in [0.15, 0.2) is 66.7 Å². The van der Waals surface area contributed by atoms with Crippen LogP contribution in [0.1, 0.15) is 33.8 Å². The lowest BCUT2D eigenvalue weighted by Crippen LogP contribution is -2.44. The first kappa shape index (κ1) is 23.4. The first-order valence-electron chi connectivity index (χ1n) is 10.8. The SMILES string of the molecule is C#CCC(NC(=O)OCC1c2ccccc2-c2ccccc21)C(=O)Nc1ccc(C(=O)O)c(O)c1. The number of nitrogens with one attached hydrogen (secondary N) is 2. The van der Waals surface area contributed by atoms with Crippen LogP contribution in [-0.2, 0) is 9.53 Å². The van der Waals surface area contributed by atoms with Gasteiger partial charge in [-0.1, -0.05) is 48.5 Å². The molecule has 3 aromatic rings. The Morgan fingerprint density at radius 1 is 1.00 bits per heavy atom. The molecular weight excluding hydrogens is 448 g/mol. The van der Waals surface area contributed by atoms with Crippen molar-refractivity contribution < 1.29 is 29.3 Å². The number of carboxylic acids is 1. The molecule has 4 rings (SSSR count). The lowest BCUT2D eigenvalue weighted by atomic mass is 9.98. The van der Waals surface area contributed by atoms with Gasteiger partial charge in [-0.2, -0.15) is 0 Å². The lowest BCUT2D eigenvalue weighted by Gasteiger charge is -2.18. The molecule has 35 heavy (non-hydrogen) atoms. The number of terminal acetylenes is 1. The van der Waals surface area contributed by atoms with Crippen molar-refractivity contribution in [3.63, 3.8) is 0 Å². The van der Waals surface area contributed by atoms with Crippen LogP contribution in [0.5, 0.6) is 5.75 Å². The van der Waals surface area contributed by atoms with Crippen molar-refractivity contribution in [2.75, 3.05) is 11.9 Å². The third-order valence-electron chi connectivity index (χ3n) is 5.77. The van der Waals surface area contributed by atoms with Gasteiger partial charge in [-0.05, 0) is 34.4 Å². The summed E-state index contributed by atoms with van der Waals surface area (Å²) in [5, 5.41) is 23.8. The number of anilines is 1. The largest absolute Gasteiger partial charge is 0.507 e. The van der Waals surface area contributed by atoms with Gasteiger partial charge in [0.15, 0.2) is 0 Å². The summed E-state index contributed by atoms with van der Waals surface area (Å²) in [5.41, 5.74) is 4.15. The summed E-state index contributed by atoms with van der Waals surface area (Å²) in [7, 11) is 0. The smallest absolute Gasteiger partial charge is 0.407 e. The Hall–Kier alpha value is -4.77.